The van der Waals surface area contributed by atoms with E-state index >= 15 is 0 Å². The fourth-order valence-corrected chi connectivity index (χ4v) is 1.35. The third-order valence-electron chi connectivity index (χ3n) is 1.13. The summed E-state index contributed by atoms with van der Waals surface area (Å²) < 4.78 is 0. The zero-order valence-corrected chi connectivity index (χ0v) is 6.90. The minimum absolute atomic E-state index is 0.119. The maximum absolute atomic E-state index is 8.86. The van der Waals surface area contributed by atoms with Gasteiger partial charge in [-0.1, -0.05) is 0 Å². The molecule has 11 heavy (non-hydrogen) atoms. The number of nitrogens with one attached hydrogen (secondary N) is 1. The summed E-state index contributed by atoms with van der Waals surface area (Å²) in [5.41, 5.74) is 6.16. The van der Waals surface area contributed by atoms with Crippen LogP contribution in [0, 0.1) is 0 Å². The van der Waals surface area contributed by atoms with Gasteiger partial charge in [0.15, 0.2) is 0 Å². The molecule has 0 bridgehead atoms. The van der Waals surface area contributed by atoms with Crippen molar-refractivity contribution >= 4 is 11.8 Å². The van der Waals surface area contributed by atoms with Gasteiger partial charge in [-0.15, -0.1) is 0 Å². The molecule has 0 atom stereocenters. The molecule has 1 aromatic rings. The van der Waals surface area contributed by atoms with Crippen LogP contribution in [0.5, 0.6) is 5.88 Å². The number of aromatic nitrogens is 2. The molecule has 62 valence electrons. The molecule has 1 heterocycles. The van der Waals surface area contributed by atoms with E-state index in [1.807, 2.05) is 0 Å². The van der Waals surface area contributed by atoms with Crippen molar-refractivity contribution in [1.29, 1.82) is 0 Å². The SMILES string of the molecule is NCCSCc1cc(O)[nH]n1. The van der Waals surface area contributed by atoms with Gasteiger partial charge in [0, 0.05) is 24.1 Å². The van der Waals surface area contributed by atoms with E-state index < -0.39 is 0 Å². The molecule has 1 rings (SSSR count). The van der Waals surface area contributed by atoms with Crippen molar-refractivity contribution in [2.24, 2.45) is 5.73 Å². The van der Waals surface area contributed by atoms with Gasteiger partial charge in [-0.05, 0) is 0 Å². The molecule has 4 N–H and O–H groups in total. The Morgan fingerprint density at radius 3 is 3.09 bits per heavy atom. The maximum atomic E-state index is 8.86. The Hall–Kier alpha value is -0.680. The molecule has 0 aliphatic rings. The summed E-state index contributed by atoms with van der Waals surface area (Å²) in [7, 11) is 0. The fraction of sp³-hybridized carbons (Fsp3) is 0.500. The second-order valence-corrected chi connectivity index (χ2v) is 3.19. The quantitative estimate of drug-likeness (QED) is 0.573. The van der Waals surface area contributed by atoms with Crippen LogP contribution in [0.2, 0.25) is 0 Å². The molecule has 0 unspecified atom stereocenters. The number of hydrogen-bond acceptors (Lipinski definition) is 4. The summed E-state index contributed by atoms with van der Waals surface area (Å²) in [4.78, 5) is 0. The van der Waals surface area contributed by atoms with E-state index in [1.165, 1.54) is 0 Å². The summed E-state index contributed by atoms with van der Waals surface area (Å²) in [5, 5.41) is 15.2. The Kier molecular flexibility index (Phi) is 3.25. The highest BCUT2D eigenvalue weighted by atomic mass is 32.2. The number of rotatable bonds is 4. The van der Waals surface area contributed by atoms with Gasteiger partial charge in [0.1, 0.15) is 0 Å². The summed E-state index contributed by atoms with van der Waals surface area (Å²) in [5.74, 6) is 1.84. The second kappa shape index (κ2) is 4.25. The van der Waals surface area contributed by atoms with E-state index in [1.54, 1.807) is 17.8 Å². The van der Waals surface area contributed by atoms with Crippen LogP contribution in [0.1, 0.15) is 5.69 Å². The second-order valence-electron chi connectivity index (χ2n) is 2.09. The molecule has 0 aliphatic heterocycles. The first-order valence-corrected chi connectivity index (χ1v) is 4.49. The smallest absolute Gasteiger partial charge is 0.206 e. The average molecular weight is 173 g/mol. The number of aromatic hydroxyl groups is 1. The first kappa shape index (κ1) is 8.42. The van der Waals surface area contributed by atoms with Gasteiger partial charge >= 0.3 is 0 Å². The topological polar surface area (TPSA) is 74.9 Å². The van der Waals surface area contributed by atoms with Crippen molar-refractivity contribution < 1.29 is 5.11 Å². The van der Waals surface area contributed by atoms with Crippen LogP contribution < -0.4 is 5.73 Å². The van der Waals surface area contributed by atoms with Gasteiger partial charge in [0.25, 0.3) is 0 Å². The summed E-state index contributed by atoms with van der Waals surface area (Å²) in [6, 6.07) is 1.61. The van der Waals surface area contributed by atoms with Crippen molar-refractivity contribution in [3.05, 3.63) is 11.8 Å². The van der Waals surface area contributed by atoms with Crippen LogP contribution in [0.25, 0.3) is 0 Å². The van der Waals surface area contributed by atoms with E-state index in [0.29, 0.717) is 6.54 Å². The number of thioether (sulfide) groups is 1. The van der Waals surface area contributed by atoms with E-state index in [2.05, 4.69) is 10.2 Å². The van der Waals surface area contributed by atoms with Crippen molar-refractivity contribution in [3.8, 4) is 5.88 Å². The number of nitrogens with zero attached hydrogens (tertiary/aromatic N) is 1. The van der Waals surface area contributed by atoms with E-state index in [0.717, 1.165) is 17.2 Å². The van der Waals surface area contributed by atoms with Crippen LogP contribution in [0.3, 0.4) is 0 Å². The Morgan fingerprint density at radius 1 is 1.73 bits per heavy atom. The molecule has 0 aromatic carbocycles. The molecule has 0 radical (unpaired) electrons. The molecule has 0 spiro atoms. The minimum atomic E-state index is 0.119. The standard InChI is InChI=1S/C6H11N3OS/c7-1-2-11-4-5-3-6(10)9-8-5/h3H,1-2,4,7H2,(H2,8,9,10). The molecule has 1 aromatic heterocycles. The molecule has 0 saturated carbocycles. The van der Waals surface area contributed by atoms with E-state index in [4.69, 9.17) is 10.8 Å². The van der Waals surface area contributed by atoms with Gasteiger partial charge in [-0.3, -0.25) is 0 Å². The number of H-pyrrole nitrogens is 1. The Labute approximate surface area is 69.2 Å². The predicted molar refractivity (Wildman–Crippen MR) is 45.5 cm³/mol. The van der Waals surface area contributed by atoms with Crippen LogP contribution in [-0.2, 0) is 5.75 Å². The lowest BCUT2D eigenvalue weighted by molar-refractivity contribution is 0.452. The third-order valence-corrected chi connectivity index (χ3v) is 2.15. The van der Waals surface area contributed by atoms with Crippen molar-refractivity contribution in [3.63, 3.8) is 0 Å². The van der Waals surface area contributed by atoms with Crippen molar-refractivity contribution in [2.75, 3.05) is 12.3 Å². The highest BCUT2D eigenvalue weighted by Crippen LogP contribution is 2.12. The molecule has 4 nitrogen and oxygen atoms in total. The Bertz CT molecular complexity index is 213. The largest absolute Gasteiger partial charge is 0.494 e. The van der Waals surface area contributed by atoms with E-state index in [9.17, 15) is 0 Å². The Morgan fingerprint density at radius 2 is 2.55 bits per heavy atom. The first-order valence-electron chi connectivity index (χ1n) is 3.34. The van der Waals surface area contributed by atoms with Gasteiger partial charge in [0.2, 0.25) is 5.88 Å². The molecular weight excluding hydrogens is 162 g/mol. The normalized spacial score (nSPS) is 10.3. The van der Waals surface area contributed by atoms with Gasteiger partial charge in [0.05, 0.1) is 5.69 Å². The zero-order valence-electron chi connectivity index (χ0n) is 6.08. The van der Waals surface area contributed by atoms with Gasteiger partial charge in [-0.2, -0.15) is 16.9 Å². The Balaban J connectivity index is 2.27. The zero-order chi connectivity index (χ0) is 8.10. The lowest BCUT2D eigenvalue weighted by Crippen LogP contribution is -2.01. The molecule has 5 heteroatoms. The number of nitrogens with two attached hydrogens (primary N) is 1. The number of aromatic amines is 1. The van der Waals surface area contributed by atoms with Crippen LogP contribution in [0.15, 0.2) is 6.07 Å². The highest BCUT2D eigenvalue weighted by molar-refractivity contribution is 7.98. The molecular formula is C6H11N3OS. The minimum Gasteiger partial charge on any atom is -0.494 e. The number of hydrogen-bond donors (Lipinski definition) is 3. The summed E-state index contributed by atoms with van der Waals surface area (Å²) in [6.45, 7) is 0.682. The molecule has 0 aliphatic carbocycles. The highest BCUT2D eigenvalue weighted by Gasteiger charge is 1.97. The molecule has 0 amide bonds. The fourth-order valence-electron chi connectivity index (χ4n) is 0.685. The maximum Gasteiger partial charge on any atom is 0.206 e. The monoisotopic (exact) mass is 173 g/mol. The van der Waals surface area contributed by atoms with Crippen LogP contribution in [0.4, 0.5) is 0 Å². The lowest BCUT2D eigenvalue weighted by atomic mass is 10.5. The van der Waals surface area contributed by atoms with Gasteiger partial charge in [-0.25, -0.2) is 5.10 Å². The lowest BCUT2D eigenvalue weighted by Gasteiger charge is -1.93. The van der Waals surface area contributed by atoms with Crippen LogP contribution in [-0.4, -0.2) is 27.6 Å². The first-order chi connectivity index (χ1) is 5.33. The van der Waals surface area contributed by atoms with Crippen molar-refractivity contribution in [2.45, 2.75) is 5.75 Å². The molecule has 0 fully saturated rings. The third kappa shape index (κ3) is 2.81. The van der Waals surface area contributed by atoms with E-state index in [-0.39, 0.29) is 5.88 Å². The predicted octanol–water partition coefficient (Wildman–Crippen LogP) is 0.307. The summed E-state index contributed by atoms with van der Waals surface area (Å²) in [6.07, 6.45) is 0. The summed E-state index contributed by atoms with van der Waals surface area (Å²) >= 11 is 1.70. The molecule has 0 saturated heterocycles. The average Bonchev–Trinajstić information content (AvgIpc) is 2.37. The van der Waals surface area contributed by atoms with Crippen molar-refractivity contribution in [1.82, 2.24) is 10.2 Å². The van der Waals surface area contributed by atoms with Crippen LogP contribution >= 0.6 is 11.8 Å². The van der Waals surface area contributed by atoms with Gasteiger partial charge < -0.3 is 10.8 Å².